The van der Waals surface area contributed by atoms with E-state index in [1.807, 2.05) is 30.3 Å². The van der Waals surface area contributed by atoms with E-state index in [-0.39, 0.29) is 10.6 Å². The molecule has 0 radical (unpaired) electrons. The van der Waals surface area contributed by atoms with Gasteiger partial charge < -0.3 is 5.11 Å². The summed E-state index contributed by atoms with van der Waals surface area (Å²) in [5.41, 5.74) is 1.36. The van der Waals surface area contributed by atoms with Gasteiger partial charge in [0.15, 0.2) is 0 Å². The van der Waals surface area contributed by atoms with Crippen molar-refractivity contribution in [3.8, 4) is 0 Å². The lowest BCUT2D eigenvalue weighted by molar-refractivity contribution is 0.163. The van der Waals surface area contributed by atoms with E-state index in [2.05, 4.69) is 15.9 Å². The van der Waals surface area contributed by atoms with E-state index in [1.54, 1.807) is 12.1 Å². The maximum Gasteiger partial charge on any atom is 0.148 e. The maximum absolute atomic E-state index is 13.9. The van der Waals surface area contributed by atoms with E-state index < -0.39 is 11.9 Å². The van der Waals surface area contributed by atoms with Crippen LogP contribution in [0.1, 0.15) is 23.7 Å². The fraction of sp³-hybridized carbons (Fsp3) is 0.200. The zero-order chi connectivity index (χ0) is 13.8. The third-order valence-electron chi connectivity index (χ3n) is 2.97. The summed E-state index contributed by atoms with van der Waals surface area (Å²) in [6.07, 6.45) is 0.291. The molecule has 0 aliphatic heterocycles. The molecule has 0 amide bonds. The van der Waals surface area contributed by atoms with Gasteiger partial charge >= 0.3 is 0 Å². The van der Waals surface area contributed by atoms with E-state index >= 15 is 0 Å². The maximum atomic E-state index is 13.9. The molecular formula is C15H13BrClFO. The number of aryl methyl sites for hydroxylation is 1. The summed E-state index contributed by atoms with van der Waals surface area (Å²) >= 11 is 8.96. The smallest absolute Gasteiger partial charge is 0.148 e. The van der Waals surface area contributed by atoms with Gasteiger partial charge in [0.1, 0.15) is 5.82 Å². The molecule has 1 unspecified atom stereocenters. The molecule has 1 atom stereocenters. The summed E-state index contributed by atoms with van der Waals surface area (Å²) in [5, 5.41) is 10.1. The Bertz CT molecular complexity index is 560. The van der Waals surface area contributed by atoms with Crippen LogP contribution in [0, 0.1) is 5.82 Å². The predicted molar refractivity (Wildman–Crippen MR) is 78.8 cm³/mol. The van der Waals surface area contributed by atoms with Gasteiger partial charge in [-0.15, -0.1) is 0 Å². The molecule has 2 rings (SSSR count). The predicted octanol–water partition coefficient (Wildman–Crippen LogP) is 4.91. The van der Waals surface area contributed by atoms with Crippen molar-refractivity contribution in [3.05, 3.63) is 68.9 Å². The van der Waals surface area contributed by atoms with Crippen molar-refractivity contribution >= 4 is 27.5 Å². The number of aliphatic hydroxyl groups is 1. The molecule has 1 nitrogen and oxygen atoms in total. The Hall–Kier alpha value is -0.900. The second-order valence-electron chi connectivity index (χ2n) is 4.30. The summed E-state index contributed by atoms with van der Waals surface area (Å²) in [6, 6.07) is 13.0. The molecule has 0 aromatic heterocycles. The van der Waals surface area contributed by atoms with Crippen LogP contribution in [0.4, 0.5) is 4.39 Å². The minimum absolute atomic E-state index is 0.0104. The van der Waals surface area contributed by atoms with Crippen LogP contribution in [0.25, 0.3) is 0 Å². The van der Waals surface area contributed by atoms with E-state index in [9.17, 15) is 9.50 Å². The highest BCUT2D eigenvalue weighted by Crippen LogP contribution is 2.31. The Kier molecular flexibility index (Phi) is 4.97. The second kappa shape index (κ2) is 6.51. The fourth-order valence-electron chi connectivity index (χ4n) is 1.90. The van der Waals surface area contributed by atoms with E-state index in [1.165, 1.54) is 0 Å². The Labute approximate surface area is 125 Å². The van der Waals surface area contributed by atoms with Crippen LogP contribution in [-0.4, -0.2) is 5.11 Å². The molecule has 0 saturated heterocycles. The minimum Gasteiger partial charge on any atom is -0.388 e. The van der Waals surface area contributed by atoms with E-state index in [0.29, 0.717) is 17.3 Å². The van der Waals surface area contributed by atoms with Gasteiger partial charge in [0.2, 0.25) is 0 Å². The van der Waals surface area contributed by atoms with Crippen molar-refractivity contribution < 1.29 is 9.50 Å². The number of hydrogen-bond acceptors (Lipinski definition) is 1. The largest absolute Gasteiger partial charge is 0.388 e. The molecule has 100 valence electrons. The molecule has 0 heterocycles. The van der Waals surface area contributed by atoms with Gasteiger partial charge in [-0.1, -0.05) is 48.0 Å². The van der Waals surface area contributed by atoms with Crippen molar-refractivity contribution in [3.63, 3.8) is 0 Å². The standard InChI is InChI=1S/C15H13BrClFO/c16-12-8-7-11(15(18)14(12)17)13(19)9-6-10-4-2-1-3-5-10/h1-5,7-8,13,19H,6,9H2. The molecule has 0 bridgehead atoms. The first-order valence-electron chi connectivity index (χ1n) is 5.95. The van der Waals surface area contributed by atoms with Crippen molar-refractivity contribution in [2.24, 2.45) is 0 Å². The second-order valence-corrected chi connectivity index (χ2v) is 5.54. The molecule has 0 spiro atoms. The Balaban J connectivity index is 2.08. The van der Waals surface area contributed by atoms with Gasteiger partial charge in [0.05, 0.1) is 11.1 Å². The molecule has 1 N–H and O–H groups in total. The summed E-state index contributed by atoms with van der Waals surface area (Å²) < 4.78 is 14.4. The SMILES string of the molecule is OC(CCc1ccccc1)c1ccc(Br)c(Cl)c1F. The van der Waals surface area contributed by atoms with Crippen LogP contribution in [0.2, 0.25) is 5.02 Å². The van der Waals surface area contributed by atoms with Crippen molar-refractivity contribution in [1.82, 2.24) is 0 Å². The lowest BCUT2D eigenvalue weighted by Crippen LogP contribution is -2.03. The molecule has 4 heteroatoms. The van der Waals surface area contributed by atoms with Crippen molar-refractivity contribution in [2.45, 2.75) is 18.9 Å². The number of benzene rings is 2. The molecule has 0 aliphatic rings. The third kappa shape index (κ3) is 3.56. The number of aliphatic hydroxyl groups excluding tert-OH is 1. The average molecular weight is 344 g/mol. The van der Waals surface area contributed by atoms with Gasteiger partial charge in [0, 0.05) is 10.0 Å². The number of hydrogen-bond donors (Lipinski definition) is 1. The Morgan fingerprint density at radius 1 is 1.16 bits per heavy atom. The van der Waals surface area contributed by atoms with E-state index in [0.717, 1.165) is 5.56 Å². The Morgan fingerprint density at radius 2 is 1.84 bits per heavy atom. The molecule has 19 heavy (non-hydrogen) atoms. The van der Waals surface area contributed by atoms with Crippen molar-refractivity contribution in [2.75, 3.05) is 0 Å². The Morgan fingerprint density at radius 3 is 2.53 bits per heavy atom. The summed E-state index contributed by atoms with van der Waals surface area (Å²) in [7, 11) is 0. The zero-order valence-electron chi connectivity index (χ0n) is 10.1. The quantitative estimate of drug-likeness (QED) is 0.782. The first-order valence-corrected chi connectivity index (χ1v) is 7.12. The minimum atomic E-state index is -0.856. The monoisotopic (exact) mass is 342 g/mol. The highest BCUT2D eigenvalue weighted by molar-refractivity contribution is 9.10. The van der Waals surface area contributed by atoms with Crippen LogP contribution < -0.4 is 0 Å². The van der Waals surface area contributed by atoms with E-state index in [4.69, 9.17) is 11.6 Å². The molecular weight excluding hydrogens is 331 g/mol. The molecule has 2 aromatic carbocycles. The van der Waals surface area contributed by atoms with Gasteiger partial charge in [-0.2, -0.15) is 0 Å². The van der Waals surface area contributed by atoms with Crippen molar-refractivity contribution in [1.29, 1.82) is 0 Å². The zero-order valence-corrected chi connectivity index (χ0v) is 12.5. The normalized spacial score (nSPS) is 12.4. The number of halogens is 3. The number of rotatable bonds is 4. The lowest BCUT2D eigenvalue weighted by Gasteiger charge is -2.13. The first kappa shape index (κ1) is 14.5. The summed E-state index contributed by atoms with van der Waals surface area (Å²) in [6.45, 7) is 0. The topological polar surface area (TPSA) is 20.2 Å². The highest BCUT2D eigenvalue weighted by atomic mass is 79.9. The first-order chi connectivity index (χ1) is 9.09. The lowest BCUT2D eigenvalue weighted by atomic mass is 10.0. The molecule has 0 aliphatic carbocycles. The van der Waals surface area contributed by atoms with Crippen LogP contribution >= 0.6 is 27.5 Å². The molecule has 0 saturated carbocycles. The summed E-state index contributed by atoms with van der Waals surface area (Å²) in [4.78, 5) is 0. The molecule has 0 fully saturated rings. The fourth-order valence-corrected chi connectivity index (χ4v) is 2.38. The van der Waals surface area contributed by atoms with Gasteiger partial charge in [-0.05, 0) is 40.4 Å². The third-order valence-corrected chi connectivity index (χ3v) is 4.23. The van der Waals surface area contributed by atoms with Crippen LogP contribution in [-0.2, 0) is 6.42 Å². The van der Waals surface area contributed by atoms with Crippen LogP contribution in [0.15, 0.2) is 46.9 Å². The highest BCUT2D eigenvalue weighted by Gasteiger charge is 2.16. The average Bonchev–Trinajstić information content (AvgIpc) is 2.43. The van der Waals surface area contributed by atoms with Gasteiger partial charge in [-0.25, -0.2) is 4.39 Å². The van der Waals surface area contributed by atoms with Crippen LogP contribution in [0.5, 0.6) is 0 Å². The molecule has 2 aromatic rings. The summed E-state index contributed by atoms with van der Waals surface area (Å²) in [5.74, 6) is -0.559. The van der Waals surface area contributed by atoms with Gasteiger partial charge in [-0.3, -0.25) is 0 Å². The van der Waals surface area contributed by atoms with Gasteiger partial charge in [0.25, 0.3) is 0 Å². The van der Waals surface area contributed by atoms with Crippen LogP contribution in [0.3, 0.4) is 0 Å².